The van der Waals surface area contributed by atoms with Gasteiger partial charge in [0.2, 0.25) is 0 Å². The third kappa shape index (κ3) is 3.83. The molecule has 0 atom stereocenters. The molecule has 0 aromatic heterocycles. The lowest BCUT2D eigenvalue weighted by atomic mass is 9.75. The fourth-order valence-corrected chi connectivity index (χ4v) is 3.47. The molecule has 1 nitrogen and oxygen atoms in total. The minimum Gasteiger partial charge on any atom is -0.507 e. The van der Waals surface area contributed by atoms with E-state index in [-0.39, 0.29) is 16.6 Å². The van der Waals surface area contributed by atoms with Crippen LogP contribution in [0, 0.1) is 13.8 Å². The summed E-state index contributed by atoms with van der Waals surface area (Å²) < 4.78 is 0. The van der Waals surface area contributed by atoms with Crippen LogP contribution in [0.4, 0.5) is 0 Å². The Kier molecular flexibility index (Phi) is 5.25. The molecule has 2 aromatic rings. The molecule has 25 heavy (non-hydrogen) atoms. The predicted octanol–water partition coefficient (Wildman–Crippen LogP) is 7.58. The monoisotopic (exact) mass is 378 g/mol. The normalized spacial score (nSPS) is 12.6. The van der Waals surface area contributed by atoms with Crippen molar-refractivity contribution in [3.63, 3.8) is 0 Å². The highest BCUT2D eigenvalue weighted by atomic mass is 35.5. The molecule has 0 heterocycles. The molecule has 0 saturated heterocycles. The van der Waals surface area contributed by atoms with E-state index in [1.165, 1.54) is 0 Å². The lowest BCUT2D eigenvalue weighted by Crippen LogP contribution is -2.17. The molecule has 2 rings (SSSR count). The fourth-order valence-electron chi connectivity index (χ4n) is 3.11. The van der Waals surface area contributed by atoms with Crippen LogP contribution >= 0.6 is 23.2 Å². The molecule has 0 aliphatic carbocycles. The molecule has 0 unspecified atom stereocenters. The van der Waals surface area contributed by atoms with Crippen molar-refractivity contribution >= 4 is 23.2 Å². The molecule has 0 aliphatic rings. The average molecular weight is 379 g/mol. The summed E-state index contributed by atoms with van der Waals surface area (Å²) in [5.41, 5.74) is 5.47. The zero-order valence-electron chi connectivity index (χ0n) is 16.4. The van der Waals surface area contributed by atoms with Gasteiger partial charge >= 0.3 is 0 Å². The van der Waals surface area contributed by atoms with Crippen LogP contribution < -0.4 is 0 Å². The summed E-state index contributed by atoms with van der Waals surface area (Å²) in [4.78, 5) is 0. The third-order valence-electron chi connectivity index (χ3n) is 4.67. The van der Waals surface area contributed by atoms with Gasteiger partial charge in [-0.3, -0.25) is 0 Å². The largest absolute Gasteiger partial charge is 0.507 e. The lowest BCUT2D eigenvalue weighted by Gasteiger charge is -2.30. The number of phenols is 1. The first-order valence-corrected chi connectivity index (χ1v) is 9.34. The van der Waals surface area contributed by atoms with Crippen LogP contribution in [0.15, 0.2) is 18.2 Å². The van der Waals surface area contributed by atoms with Gasteiger partial charge in [0, 0.05) is 21.2 Å². The fraction of sp³-hybridized carbons (Fsp3) is 0.455. The Morgan fingerprint density at radius 2 is 1.24 bits per heavy atom. The van der Waals surface area contributed by atoms with Gasteiger partial charge in [0.05, 0.1) is 0 Å². The molecule has 0 bridgehead atoms. The minimum atomic E-state index is -0.160. The van der Waals surface area contributed by atoms with Crippen molar-refractivity contribution in [1.29, 1.82) is 0 Å². The van der Waals surface area contributed by atoms with Crippen molar-refractivity contribution in [3.05, 3.63) is 50.5 Å². The highest BCUT2D eigenvalue weighted by molar-refractivity contribution is 6.32. The molecular formula is C22H28Cl2O. The van der Waals surface area contributed by atoms with Gasteiger partial charge in [-0.2, -0.15) is 0 Å². The topological polar surface area (TPSA) is 20.2 Å². The van der Waals surface area contributed by atoms with Gasteiger partial charge in [-0.1, -0.05) is 64.7 Å². The zero-order chi connectivity index (χ0) is 19.3. The van der Waals surface area contributed by atoms with E-state index < -0.39 is 0 Å². The summed E-state index contributed by atoms with van der Waals surface area (Å²) in [7, 11) is 0. The summed E-state index contributed by atoms with van der Waals surface area (Å²) in [6, 6.07) is 6.10. The van der Waals surface area contributed by atoms with E-state index in [1.807, 2.05) is 26.0 Å². The smallest absolute Gasteiger partial charge is 0.128 e. The molecule has 136 valence electrons. The molecule has 0 spiro atoms. The van der Waals surface area contributed by atoms with E-state index in [0.29, 0.717) is 10.6 Å². The van der Waals surface area contributed by atoms with Crippen LogP contribution in [0.3, 0.4) is 0 Å². The molecular weight excluding hydrogens is 351 g/mol. The maximum atomic E-state index is 11.0. The quantitative estimate of drug-likeness (QED) is 0.541. The van der Waals surface area contributed by atoms with E-state index in [0.717, 1.165) is 32.8 Å². The number of benzene rings is 2. The van der Waals surface area contributed by atoms with E-state index in [1.54, 1.807) is 0 Å². The van der Waals surface area contributed by atoms with Crippen LogP contribution in [0.2, 0.25) is 10.0 Å². The number of phenolic OH excluding ortho intramolecular Hbond substituents is 1. The Morgan fingerprint density at radius 3 is 1.72 bits per heavy atom. The van der Waals surface area contributed by atoms with Gasteiger partial charge in [-0.25, -0.2) is 0 Å². The van der Waals surface area contributed by atoms with Crippen molar-refractivity contribution < 1.29 is 5.11 Å². The Hall–Kier alpha value is -1.18. The van der Waals surface area contributed by atoms with Gasteiger partial charge in [0.15, 0.2) is 0 Å². The number of hydrogen-bond acceptors (Lipinski definition) is 1. The average Bonchev–Trinajstić information content (AvgIpc) is 2.45. The van der Waals surface area contributed by atoms with Crippen molar-refractivity contribution in [3.8, 4) is 16.9 Å². The highest BCUT2D eigenvalue weighted by Crippen LogP contribution is 2.47. The van der Waals surface area contributed by atoms with Gasteiger partial charge in [-0.05, 0) is 65.1 Å². The molecule has 3 heteroatoms. The van der Waals surface area contributed by atoms with E-state index in [2.05, 4.69) is 47.6 Å². The first-order valence-electron chi connectivity index (χ1n) is 8.58. The first kappa shape index (κ1) is 20.1. The van der Waals surface area contributed by atoms with Crippen LogP contribution in [0.5, 0.6) is 5.75 Å². The van der Waals surface area contributed by atoms with E-state index in [4.69, 9.17) is 23.2 Å². The van der Waals surface area contributed by atoms with E-state index in [9.17, 15) is 5.11 Å². The van der Waals surface area contributed by atoms with Gasteiger partial charge in [0.25, 0.3) is 0 Å². The highest BCUT2D eigenvalue weighted by Gasteiger charge is 2.28. The summed E-state index contributed by atoms with van der Waals surface area (Å²) >= 11 is 12.8. The summed E-state index contributed by atoms with van der Waals surface area (Å²) in [5.74, 6) is 0.254. The van der Waals surface area contributed by atoms with Crippen molar-refractivity contribution in [1.82, 2.24) is 0 Å². The number of hydrogen-bond donors (Lipinski definition) is 1. The molecule has 0 saturated carbocycles. The van der Waals surface area contributed by atoms with Crippen LogP contribution in [-0.2, 0) is 10.8 Å². The van der Waals surface area contributed by atoms with Crippen molar-refractivity contribution in [2.24, 2.45) is 0 Å². The third-order valence-corrected chi connectivity index (χ3v) is 5.47. The molecule has 0 aliphatic heterocycles. The molecule has 2 aromatic carbocycles. The number of aromatic hydroxyl groups is 1. The van der Waals surface area contributed by atoms with Crippen LogP contribution in [0.1, 0.15) is 63.8 Å². The van der Waals surface area contributed by atoms with Crippen LogP contribution in [-0.4, -0.2) is 5.11 Å². The SMILES string of the molecule is Cc1cc(-c2c(C(C)(C)C)cc(Cl)c(C)c2O)c(C(C)(C)C)cc1Cl. The summed E-state index contributed by atoms with van der Waals surface area (Å²) in [5, 5.41) is 12.3. The van der Waals surface area contributed by atoms with Crippen molar-refractivity contribution in [2.75, 3.05) is 0 Å². The summed E-state index contributed by atoms with van der Waals surface area (Å²) in [6.07, 6.45) is 0. The zero-order valence-corrected chi connectivity index (χ0v) is 17.9. The number of aryl methyl sites for hydroxylation is 1. The molecule has 1 N–H and O–H groups in total. The van der Waals surface area contributed by atoms with Crippen LogP contribution in [0.25, 0.3) is 11.1 Å². The molecule has 0 fully saturated rings. The van der Waals surface area contributed by atoms with Gasteiger partial charge in [-0.15, -0.1) is 0 Å². The second kappa shape index (κ2) is 6.52. The molecule has 0 amide bonds. The Bertz CT molecular complexity index is 822. The Labute approximate surface area is 162 Å². The Balaban J connectivity index is 3.02. The standard InChI is InChI=1S/C22H28Cl2O/c1-12-9-14(15(10-17(12)23)21(3,4)5)19-16(22(6,7)8)11-18(24)13(2)20(19)25/h9-11,25H,1-8H3. The van der Waals surface area contributed by atoms with E-state index >= 15 is 0 Å². The maximum absolute atomic E-state index is 11.0. The van der Waals surface area contributed by atoms with Crippen molar-refractivity contribution in [2.45, 2.75) is 66.2 Å². The molecule has 0 radical (unpaired) electrons. The first-order chi connectivity index (χ1) is 11.2. The predicted molar refractivity (Wildman–Crippen MR) is 110 cm³/mol. The Morgan fingerprint density at radius 1 is 0.760 bits per heavy atom. The van der Waals surface area contributed by atoms with Gasteiger partial charge < -0.3 is 5.11 Å². The maximum Gasteiger partial charge on any atom is 0.128 e. The lowest BCUT2D eigenvalue weighted by molar-refractivity contribution is 0.469. The van der Waals surface area contributed by atoms with Gasteiger partial charge in [0.1, 0.15) is 5.75 Å². The second-order valence-electron chi connectivity index (χ2n) is 8.90. The summed E-state index contributed by atoms with van der Waals surface area (Å²) in [6.45, 7) is 16.7. The second-order valence-corrected chi connectivity index (χ2v) is 9.72. The minimum absolute atomic E-state index is 0.109. The number of rotatable bonds is 1. The number of halogens is 2.